The second-order valence-corrected chi connectivity index (χ2v) is 6.11. The smallest absolute Gasteiger partial charge is 0.183 e. The van der Waals surface area contributed by atoms with Gasteiger partial charge in [0.05, 0.1) is 5.54 Å². The third-order valence-electron chi connectivity index (χ3n) is 2.36. The molecule has 1 unspecified atom stereocenters. The van der Waals surface area contributed by atoms with E-state index in [0.717, 1.165) is 10.9 Å². The molecule has 0 aromatic heterocycles. The Morgan fingerprint density at radius 1 is 1.77 bits per heavy atom. The summed E-state index contributed by atoms with van der Waals surface area (Å²) in [5, 5.41) is 3.23. The molecule has 0 aromatic carbocycles. The summed E-state index contributed by atoms with van der Waals surface area (Å²) in [5.41, 5.74) is 3.37. The first-order valence-corrected chi connectivity index (χ1v) is 6.41. The van der Waals surface area contributed by atoms with Crippen molar-refractivity contribution in [2.24, 2.45) is 4.99 Å². The van der Waals surface area contributed by atoms with Crippen molar-refractivity contribution in [3.05, 3.63) is 12.4 Å². The molecule has 13 heavy (non-hydrogen) atoms. The average Bonchev–Trinajstić information content (AvgIpc) is 2.13. The van der Waals surface area contributed by atoms with Crippen LogP contribution in [-0.4, -0.2) is 25.4 Å². The molecule has 72 valence electrons. The summed E-state index contributed by atoms with van der Waals surface area (Å²) in [4.78, 5) is 4.34. The third-order valence-corrected chi connectivity index (χ3v) is 5.96. The van der Waals surface area contributed by atoms with Crippen molar-refractivity contribution in [1.82, 2.24) is 10.4 Å². The van der Waals surface area contributed by atoms with Crippen LogP contribution in [-0.2, 0) is 0 Å². The Balaban J connectivity index is 2.29. The molecule has 0 spiro atoms. The molecule has 1 fully saturated rings. The quantitative estimate of drug-likeness (QED) is 0.548. The average molecular weight is 309 g/mol. The topological polar surface area (TPSA) is 27.6 Å². The van der Waals surface area contributed by atoms with Gasteiger partial charge < -0.3 is 5.43 Å². The van der Waals surface area contributed by atoms with Gasteiger partial charge in [0, 0.05) is 22.1 Å². The van der Waals surface area contributed by atoms with E-state index in [1.165, 1.54) is 0 Å². The number of fused-ring (bicyclic) bond motifs is 1. The van der Waals surface area contributed by atoms with Crippen molar-refractivity contribution >= 4 is 39.5 Å². The minimum Gasteiger partial charge on any atom is -0.302 e. The van der Waals surface area contributed by atoms with E-state index in [4.69, 9.17) is 0 Å². The highest BCUT2D eigenvalue weighted by molar-refractivity contribution is 14.1. The maximum Gasteiger partial charge on any atom is 0.183 e. The van der Waals surface area contributed by atoms with Gasteiger partial charge in [-0.05, 0) is 13.8 Å². The molecule has 1 N–H and O–H groups in total. The molecule has 3 nitrogen and oxygen atoms in total. The van der Waals surface area contributed by atoms with Crippen LogP contribution in [0.3, 0.4) is 0 Å². The molecule has 1 saturated heterocycles. The zero-order valence-electron chi connectivity index (χ0n) is 7.62. The number of hydrogen-bond acceptors (Lipinski definition) is 4. The van der Waals surface area contributed by atoms with Crippen LogP contribution >= 0.6 is 34.4 Å². The van der Waals surface area contributed by atoms with Gasteiger partial charge >= 0.3 is 0 Å². The van der Waals surface area contributed by atoms with Crippen LogP contribution in [0.5, 0.6) is 0 Å². The third kappa shape index (κ3) is 1.56. The van der Waals surface area contributed by atoms with Gasteiger partial charge in [0.15, 0.2) is 5.17 Å². The molecule has 2 aliphatic heterocycles. The van der Waals surface area contributed by atoms with Crippen LogP contribution in [0, 0.1) is 0 Å². The van der Waals surface area contributed by atoms with Crippen molar-refractivity contribution in [2.45, 2.75) is 23.3 Å². The number of rotatable bonds is 0. The number of halogens is 1. The summed E-state index contributed by atoms with van der Waals surface area (Å²) in [6, 6.07) is 0. The molecule has 2 heterocycles. The molecule has 0 aromatic rings. The highest BCUT2D eigenvalue weighted by Crippen LogP contribution is 2.35. The Bertz CT molecular complexity index is 275. The maximum absolute atomic E-state index is 4.34. The minimum absolute atomic E-state index is 0.134. The number of alkyl halides is 1. The molecule has 5 heteroatoms. The van der Waals surface area contributed by atoms with Crippen molar-refractivity contribution in [2.75, 3.05) is 5.75 Å². The van der Waals surface area contributed by atoms with Gasteiger partial charge in [-0.15, -0.1) is 0 Å². The number of aliphatic imine (C=N–C) groups is 1. The van der Waals surface area contributed by atoms with Crippen molar-refractivity contribution in [1.29, 1.82) is 0 Å². The number of thioether (sulfide) groups is 1. The molecule has 2 aliphatic rings. The second-order valence-electron chi connectivity index (χ2n) is 3.62. The Morgan fingerprint density at radius 2 is 2.54 bits per heavy atom. The fourth-order valence-corrected chi connectivity index (χ4v) is 3.40. The molecular formula is C8H12IN3S. The van der Waals surface area contributed by atoms with Gasteiger partial charge in [-0.1, -0.05) is 34.4 Å². The lowest BCUT2D eigenvalue weighted by molar-refractivity contribution is 0.178. The number of amidine groups is 1. The fraction of sp³-hybridized carbons (Fsp3) is 0.625. The number of hydrazine groups is 1. The Labute approximate surface area is 96.2 Å². The summed E-state index contributed by atoms with van der Waals surface area (Å²) >= 11 is 4.32. The van der Waals surface area contributed by atoms with Crippen molar-refractivity contribution in [3.8, 4) is 0 Å². The Morgan fingerprint density at radius 3 is 3.31 bits per heavy atom. The van der Waals surface area contributed by atoms with E-state index in [0.29, 0.717) is 3.92 Å². The van der Waals surface area contributed by atoms with Crippen LogP contribution in [0.1, 0.15) is 13.8 Å². The first kappa shape index (κ1) is 9.64. The lowest BCUT2D eigenvalue weighted by Crippen LogP contribution is -2.61. The van der Waals surface area contributed by atoms with Gasteiger partial charge in [-0.2, -0.15) is 0 Å². The maximum atomic E-state index is 4.34. The normalized spacial score (nSPS) is 30.5. The predicted octanol–water partition coefficient (Wildman–Crippen LogP) is 1.96. The molecular weight excluding hydrogens is 297 g/mol. The van der Waals surface area contributed by atoms with E-state index >= 15 is 0 Å². The van der Waals surface area contributed by atoms with E-state index in [1.807, 2.05) is 24.2 Å². The van der Waals surface area contributed by atoms with E-state index in [9.17, 15) is 0 Å². The molecule has 0 aliphatic carbocycles. The summed E-state index contributed by atoms with van der Waals surface area (Å²) in [6.07, 6.45) is 3.68. The molecule has 0 amide bonds. The highest BCUT2D eigenvalue weighted by Gasteiger charge is 2.41. The molecule has 1 atom stereocenters. The number of hydrogen-bond donors (Lipinski definition) is 1. The fourth-order valence-electron chi connectivity index (χ4n) is 1.33. The van der Waals surface area contributed by atoms with E-state index < -0.39 is 0 Å². The van der Waals surface area contributed by atoms with Gasteiger partial charge in [-0.3, -0.25) is 5.01 Å². The van der Waals surface area contributed by atoms with Crippen LogP contribution in [0.15, 0.2) is 17.4 Å². The zero-order chi connectivity index (χ0) is 9.47. The standard InChI is InChI=1S/C8H12IN3S/c1-8(2)6(9)5-13-7-10-3-4-11-12(7)8/h3-4,6,11H,5H2,1-2H3. The van der Waals surface area contributed by atoms with Gasteiger partial charge in [-0.25, -0.2) is 4.99 Å². The minimum atomic E-state index is 0.134. The second kappa shape index (κ2) is 3.34. The summed E-state index contributed by atoms with van der Waals surface area (Å²) in [6.45, 7) is 4.48. The molecule has 0 radical (unpaired) electrons. The number of nitrogens with zero attached hydrogens (tertiary/aromatic N) is 2. The summed E-state index contributed by atoms with van der Waals surface area (Å²) < 4.78 is 0.632. The first-order valence-electron chi connectivity index (χ1n) is 4.18. The lowest BCUT2D eigenvalue weighted by Gasteiger charge is -2.47. The Kier molecular flexibility index (Phi) is 2.48. The number of nitrogens with one attached hydrogen (secondary N) is 1. The van der Waals surface area contributed by atoms with Crippen LogP contribution < -0.4 is 5.43 Å². The van der Waals surface area contributed by atoms with Gasteiger partial charge in [0.1, 0.15) is 0 Å². The predicted molar refractivity (Wildman–Crippen MR) is 65.9 cm³/mol. The monoisotopic (exact) mass is 309 g/mol. The van der Waals surface area contributed by atoms with E-state index in [1.54, 1.807) is 0 Å². The van der Waals surface area contributed by atoms with Gasteiger partial charge in [0.2, 0.25) is 0 Å². The first-order chi connectivity index (χ1) is 6.12. The van der Waals surface area contributed by atoms with E-state index in [-0.39, 0.29) is 5.54 Å². The van der Waals surface area contributed by atoms with Crippen LogP contribution in [0.25, 0.3) is 0 Å². The van der Waals surface area contributed by atoms with Crippen molar-refractivity contribution in [3.63, 3.8) is 0 Å². The summed E-state index contributed by atoms with van der Waals surface area (Å²) in [7, 11) is 0. The van der Waals surface area contributed by atoms with Crippen LogP contribution in [0.4, 0.5) is 0 Å². The van der Waals surface area contributed by atoms with Crippen LogP contribution in [0.2, 0.25) is 0 Å². The Hall–Kier alpha value is 0.0900. The van der Waals surface area contributed by atoms with Gasteiger partial charge in [0.25, 0.3) is 0 Å². The summed E-state index contributed by atoms with van der Waals surface area (Å²) in [5.74, 6) is 1.14. The largest absolute Gasteiger partial charge is 0.302 e. The highest BCUT2D eigenvalue weighted by atomic mass is 127. The zero-order valence-corrected chi connectivity index (χ0v) is 10.6. The molecule has 0 bridgehead atoms. The molecule has 0 saturated carbocycles. The lowest BCUT2D eigenvalue weighted by atomic mass is 10.0. The van der Waals surface area contributed by atoms with Crippen molar-refractivity contribution < 1.29 is 0 Å². The molecule has 2 rings (SSSR count). The SMILES string of the molecule is CC1(C)C(I)CSC2=NC=CNN21. The van der Waals surface area contributed by atoms with E-state index in [2.05, 4.69) is 51.9 Å².